The summed E-state index contributed by atoms with van der Waals surface area (Å²) in [4.78, 5) is 18.3. The van der Waals surface area contributed by atoms with Crippen molar-refractivity contribution >= 4 is 11.6 Å². The van der Waals surface area contributed by atoms with Gasteiger partial charge < -0.3 is 4.90 Å². The van der Waals surface area contributed by atoms with Crippen LogP contribution in [0.5, 0.6) is 0 Å². The average Bonchev–Trinajstić information content (AvgIpc) is 2.91. The Kier molecular flexibility index (Phi) is 3.42. The normalized spacial score (nSPS) is 13.6. The molecule has 25 heavy (non-hydrogen) atoms. The summed E-state index contributed by atoms with van der Waals surface area (Å²) in [5.41, 5.74) is 0.904. The van der Waals surface area contributed by atoms with Gasteiger partial charge >= 0.3 is 0 Å². The van der Waals surface area contributed by atoms with Gasteiger partial charge in [0.2, 0.25) is 0 Å². The molecule has 4 rings (SSSR count). The van der Waals surface area contributed by atoms with Gasteiger partial charge in [-0.05, 0) is 24.1 Å². The molecule has 0 bridgehead atoms. The molecule has 1 fully saturated rings. The maximum Gasteiger partial charge on any atom is 0.275 e. The second kappa shape index (κ2) is 5.63. The summed E-state index contributed by atoms with van der Waals surface area (Å²) in [6.07, 6.45) is 3.03. The van der Waals surface area contributed by atoms with E-state index >= 15 is 0 Å². The average molecular weight is 339 g/mol. The zero-order chi connectivity index (χ0) is 17.6. The molecule has 0 N–H and O–H groups in total. The molecule has 2 aromatic heterocycles. The highest BCUT2D eigenvalue weighted by molar-refractivity contribution is 6.03. The lowest BCUT2D eigenvalue weighted by atomic mass is 10.0. The number of benzene rings is 1. The zero-order valence-corrected chi connectivity index (χ0v) is 12.9. The minimum atomic E-state index is -0.705. The van der Waals surface area contributed by atoms with E-state index in [0.717, 1.165) is 24.9 Å². The van der Waals surface area contributed by atoms with Crippen LogP contribution in [0.25, 0.3) is 16.8 Å². The number of halogens is 2. The highest BCUT2D eigenvalue weighted by Gasteiger charge is 2.29. The van der Waals surface area contributed by atoms with Crippen molar-refractivity contribution in [2.45, 2.75) is 6.42 Å². The standard InChI is InChI=1S/C17H11F2N5O/c18-12-8-21-16-14(10-2-3-11(7-20)13(19)6-10)15(22-24(16)9-12)17(25)23-4-1-5-23/h2-3,6,8-9H,1,4-5H2. The van der Waals surface area contributed by atoms with Crippen molar-refractivity contribution in [2.24, 2.45) is 0 Å². The Hall–Kier alpha value is -3.34. The molecule has 1 aliphatic rings. The summed E-state index contributed by atoms with van der Waals surface area (Å²) in [5, 5.41) is 13.0. The molecule has 6 nitrogen and oxygen atoms in total. The smallest absolute Gasteiger partial charge is 0.275 e. The maximum absolute atomic E-state index is 14.0. The molecule has 1 aromatic carbocycles. The van der Waals surface area contributed by atoms with Crippen molar-refractivity contribution in [2.75, 3.05) is 13.1 Å². The molecular formula is C17H11F2N5O. The number of fused-ring (bicyclic) bond motifs is 1. The molecule has 0 radical (unpaired) electrons. The third kappa shape index (κ3) is 2.41. The number of aromatic nitrogens is 3. The summed E-state index contributed by atoms with van der Waals surface area (Å²) in [7, 11) is 0. The fraction of sp³-hybridized carbons (Fsp3) is 0.176. The lowest BCUT2D eigenvalue weighted by Crippen LogP contribution is -2.42. The minimum absolute atomic E-state index is 0.0851. The topological polar surface area (TPSA) is 74.3 Å². The Labute approximate surface area is 140 Å². The number of rotatable bonds is 2. The maximum atomic E-state index is 14.0. The quantitative estimate of drug-likeness (QED) is 0.718. The van der Waals surface area contributed by atoms with E-state index in [2.05, 4.69) is 10.1 Å². The van der Waals surface area contributed by atoms with Crippen LogP contribution in [0.2, 0.25) is 0 Å². The summed E-state index contributed by atoms with van der Waals surface area (Å²) >= 11 is 0. The van der Waals surface area contributed by atoms with E-state index in [-0.39, 0.29) is 22.8 Å². The van der Waals surface area contributed by atoms with Gasteiger partial charge in [-0.3, -0.25) is 4.79 Å². The first-order chi connectivity index (χ1) is 12.1. The van der Waals surface area contributed by atoms with Crippen molar-refractivity contribution < 1.29 is 13.6 Å². The highest BCUT2D eigenvalue weighted by Crippen LogP contribution is 2.30. The summed E-state index contributed by atoms with van der Waals surface area (Å²) in [6, 6.07) is 5.76. The van der Waals surface area contributed by atoms with E-state index < -0.39 is 11.6 Å². The van der Waals surface area contributed by atoms with Crippen LogP contribution in [-0.2, 0) is 0 Å². The number of likely N-dealkylation sites (tertiary alicyclic amines) is 1. The van der Waals surface area contributed by atoms with Crippen molar-refractivity contribution in [3.63, 3.8) is 0 Å². The van der Waals surface area contributed by atoms with Gasteiger partial charge in [-0.1, -0.05) is 6.07 Å². The van der Waals surface area contributed by atoms with Gasteiger partial charge in [0.05, 0.1) is 23.5 Å². The van der Waals surface area contributed by atoms with Gasteiger partial charge in [0, 0.05) is 13.1 Å². The van der Waals surface area contributed by atoms with Crippen LogP contribution in [0.1, 0.15) is 22.5 Å². The monoisotopic (exact) mass is 339 g/mol. The van der Waals surface area contributed by atoms with Crippen LogP contribution in [0.3, 0.4) is 0 Å². The molecule has 0 aliphatic carbocycles. The molecule has 0 unspecified atom stereocenters. The summed E-state index contributed by atoms with van der Waals surface area (Å²) in [6.45, 7) is 1.24. The number of hydrogen-bond donors (Lipinski definition) is 0. The van der Waals surface area contributed by atoms with Gasteiger partial charge in [-0.15, -0.1) is 0 Å². The number of hydrogen-bond acceptors (Lipinski definition) is 4. The van der Waals surface area contributed by atoms with Crippen molar-refractivity contribution in [3.8, 4) is 17.2 Å². The third-order valence-corrected chi connectivity index (χ3v) is 4.16. The summed E-state index contributed by atoms with van der Waals surface area (Å²) in [5.74, 6) is -1.61. The van der Waals surface area contributed by atoms with Crippen molar-refractivity contribution in [3.05, 3.63) is 53.5 Å². The van der Waals surface area contributed by atoms with Crippen LogP contribution in [0.4, 0.5) is 8.78 Å². The van der Waals surface area contributed by atoms with Crippen molar-refractivity contribution in [1.29, 1.82) is 5.26 Å². The summed E-state index contributed by atoms with van der Waals surface area (Å²) < 4.78 is 28.7. The van der Waals surface area contributed by atoms with Gasteiger partial charge in [0.15, 0.2) is 17.2 Å². The van der Waals surface area contributed by atoms with E-state index in [1.807, 2.05) is 0 Å². The first-order valence-electron chi connectivity index (χ1n) is 7.61. The minimum Gasteiger partial charge on any atom is -0.337 e. The number of nitriles is 1. The Morgan fingerprint density at radius 2 is 2.08 bits per heavy atom. The highest BCUT2D eigenvalue weighted by atomic mass is 19.1. The van der Waals surface area contributed by atoms with E-state index in [1.165, 1.54) is 16.6 Å². The molecule has 1 amide bonds. The number of carbonyl (C=O) groups excluding carboxylic acids is 1. The Morgan fingerprint density at radius 3 is 2.72 bits per heavy atom. The lowest BCUT2D eigenvalue weighted by Gasteiger charge is -2.30. The van der Waals surface area contributed by atoms with E-state index in [1.54, 1.807) is 11.0 Å². The van der Waals surface area contributed by atoms with Crippen LogP contribution in [0, 0.1) is 23.0 Å². The predicted octanol–water partition coefficient (Wildman–Crippen LogP) is 2.39. The zero-order valence-electron chi connectivity index (χ0n) is 12.9. The van der Waals surface area contributed by atoms with Gasteiger partial charge in [0.1, 0.15) is 11.9 Å². The molecule has 1 aliphatic heterocycles. The molecule has 0 atom stereocenters. The van der Waals surface area contributed by atoms with Crippen LogP contribution in [-0.4, -0.2) is 38.5 Å². The number of amides is 1. The van der Waals surface area contributed by atoms with E-state index in [0.29, 0.717) is 24.2 Å². The Balaban J connectivity index is 1.95. The van der Waals surface area contributed by atoms with Gasteiger partial charge in [-0.25, -0.2) is 18.3 Å². The van der Waals surface area contributed by atoms with Gasteiger partial charge in [-0.2, -0.15) is 10.4 Å². The van der Waals surface area contributed by atoms with Crippen LogP contribution >= 0.6 is 0 Å². The third-order valence-electron chi connectivity index (χ3n) is 4.16. The molecule has 3 aromatic rings. The van der Waals surface area contributed by atoms with E-state index in [4.69, 9.17) is 5.26 Å². The molecule has 3 heterocycles. The predicted molar refractivity (Wildman–Crippen MR) is 83.6 cm³/mol. The Morgan fingerprint density at radius 1 is 1.28 bits per heavy atom. The molecule has 0 saturated carbocycles. The first-order valence-corrected chi connectivity index (χ1v) is 7.61. The number of carbonyl (C=O) groups is 1. The first kappa shape index (κ1) is 15.2. The molecule has 0 spiro atoms. The van der Waals surface area contributed by atoms with E-state index in [9.17, 15) is 13.6 Å². The van der Waals surface area contributed by atoms with Crippen LogP contribution in [0.15, 0.2) is 30.6 Å². The molecule has 8 heteroatoms. The lowest BCUT2D eigenvalue weighted by molar-refractivity contribution is 0.0646. The molecular weight excluding hydrogens is 328 g/mol. The second-order valence-electron chi connectivity index (χ2n) is 5.72. The molecule has 1 saturated heterocycles. The van der Waals surface area contributed by atoms with Crippen LogP contribution < -0.4 is 0 Å². The second-order valence-corrected chi connectivity index (χ2v) is 5.72. The fourth-order valence-corrected chi connectivity index (χ4v) is 2.76. The largest absolute Gasteiger partial charge is 0.337 e. The van der Waals surface area contributed by atoms with Crippen molar-refractivity contribution in [1.82, 2.24) is 19.5 Å². The molecule has 124 valence electrons. The fourth-order valence-electron chi connectivity index (χ4n) is 2.76. The SMILES string of the molecule is N#Cc1ccc(-c2c(C(=O)N3CCC3)nn3cc(F)cnc23)cc1F. The Bertz CT molecular complexity index is 1050. The number of nitrogens with zero attached hydrogens (tertiary/aromatic N) is 5. The van der Waals surface area contributed by atoms with Gasteiger partial charge in [0.25, 0.3) is 5.91 Å².